The van der Waals surface area contributed by atoms with E-state index >= 15 is 0 Å². The number of anilines is 2. The number of nitrogens with zero attached hydrogens (tertiary/aromatic N) is 6. The number of pyridine rings is 2. The van der Waals surface area contributed by atoms with Crippen LogP contribution in [0.2, 0.25) is 0 Å². The summed E-state index contributed by atoms with van der Waals surface area (Å²) < 4.78 is 208. The van der Waals surface area contributed by atoms with Gasteiger partial charge in [-0.05, 0) is 107 Å². The highest BCUT2D eigenvalue weighted by atomic mass is 32.2. The third kappa shape index (κ3) is 13.0. The Kier molecular flexibility index (Phi) is 15.6. The second kappa shape index (κ2) is 21.6. The van der Waals surface area contributed by atoms with Crippen LogP contribution < -0.4 is 10.9 Å². The van der Waals surface area contributed by atoms with Crippen LogP contribution in [-0.4, -0.2) is 111 Å². The Hall–Kier alpha value is -8.52. The van der Waals surface area contributed by atoms with E-state index in [1.165, 1.54) is 60.9 Å². The molecule has 0 radical (unpaired) electrons. The average Bonchev–Trinajstić information content (AvgIpc) is 3.51. The van der Waals surface area contributed by atoms with Gasteiger partial charge in [-0.15, -0.1) is 0 Å². The Bertz CT molecular complexity index is 4340. The van der Waals surface area contributed by atoms with E-state index in [4.69, 9.17) is 0 Å². The SMILES string of the molecule is O=C1/C(=N\Nc2ccc(/C=C/c3ccc(N=Nc4ccc(/C=C/c5ccc(N/N=C6/C=C(S(=O)(=O)O)c7cccnc7C6=O)cc5S(=O)(=O)O)c(S(=O)(=O)O)c4)cc3S(=O)(=O)O)c(S(=O)(=O)O)c2)C=C(S(=O)(=O)O)c2cccnc21. The lowest BCUT2D eigenvalue weighted by molar-refractivity contribution is 0.105. The van der Waals surface area contributed by atoms with Crippen molar-refractivity contribution in [1.29, 1.82) is 0 Å². The van der Waals surface area contributed by atoms with Gasteiger partial charge in [-0.1, -0.05) is 48.6 Å². The molecule has 0 amide bonds. The summed E-state index contributed by atoms with van der Waals surface area (Å²) in [5.41, 5.74) is 0.460. The largest absolute Gasteiger partial charge is 0.295 e. The predicted octanol–water partition coefficient (Wildman–Crippen LogP) is 6.01. The minimum atomic E-state index is -5.10. The zero-order chi connectivity index (χ0) is 58.3. The summed E-state index contributed by atoms with van der Waals surface area (Å²) in [6.45, 7) is 0. The standard InChI is InChI=1S/C46H32N8O20S6/c55-45-35(23-41(79(69,70)71)33-3-1-17-47-43(33)45)53-51-31-15-11-27(39(21-31)77(63,64)65)7-5-25-9-13-29(19-37(25)75(57,58)59)49-50-30-14-10-26(38(20-30)76(60,61)62)6-8-28-12-16-32(22-40(28)78(66,67)68)52-54-36-24-42(80(72,73)74)34-4-2-18-48-44(34)46(36)56/h1-24,51-52H,(H,57,58,59)(H,60,61,62)(H,63,64,65)(H,66,67,68)(H,69,70,71)(H,72,73,74)/b7-5+,8-6+,50-49?,53-35-,54-36-. The molecule has 0 saturated heterocycles. The highest BCUT2D eigenvalue weighted by molar-refractivity contribution is 7.95. The molecule has 2 aromatic heterocycles. The molecule has 0 atom stereocenters. The van der Waals surface area contributed by atoms with Crippen molar-refractivity contribution < 1.29 is 87.4 Å². The number of allylic oxidation sites excluding steroid dienone is 2. The maximum atomic E-state index is 13.0. The number of hydrogen-bond acceptors (Lipinski definition) is 22. The topological polar surface area (TPSA) is 460 Å². The highest BCUT2D eigenvalue weighted by Gasteiger charge is 2.33. The molecular formula is C46H32N8O20S6. The zero-order valence-electron chi connectivity index (χ0n) is 39.4. The molecule has 2 heterocycles. The lowest BCUT2D eigenvalue weighted by Crippen LogP contribution is -2.24. The van der Waals surface area contributed by atoms with E-state index in [2.05, 4.69) is 41.3 Å². The number of benzene rings is 4. The fraction of sp³-hybridized carbons (Fsp3) is 0. The third-order valence-electron chi connectivity index (χ3n) is 11.0. The minimum Gasteiger partial charge on any atom is -0.285 e. The van der Waals surface area contributed by atoms with E-state index in [0.717, 1.165) is 85.0 Å². The van der Waals surface area contributed by atoms with Crippen molar-refractivity contribution >= 4 is 141 Å². The molecular weight excluding hydrogens is 1180 g/mol. The molecule has 0 saturated carbocycles. The van der Waals surface area contributed by atoms with Gasteiger partial charge in [-0.2, -0.15) is 70.9 Å². The first-order chi connectivity index (χ1) is 37.3. The Labute approximate surface area is 452 Å². The smallest absolute Gasteiger partial charge is 0.285 e. The van der Waals surface area contributed by atoms with Crippen molar-refractivity contribution in [2.24, 2.45) is 20.4 Å². The minimum absolute atomic E-state index is 0.185. The van der Waals surface area contributed by atoms with Crippen molar-refractivity contribution in [3.05, 3.63) is 166 Å². The number of Topliss-reactive ketones (excluding diaryl/α,β-unsaturated/α-hetero) is 2. The van der Waals surface area contributed by atoms with E-state index in [0.29, 0.717) is 0 Å². The molecule has 8 rings (SSSR count). The molecule has 412 valence electrons. The summed E-state index contributed by atoms with van der Waals surface area (Å²) in [5.74, 6) is -1.75. The van der Waals surface area contributed by atoms with Crippen molar-refractivity contribution in [1.82, 2.24) is 9.97 Å². The van der Waals surface area contributed by atoms with E-state index < -0.39 is 113 Å². The fourth-order valence-electron chi connectivity index (χ4n) is 7.49. The van der Waals surface area contributed by atoms with Crippen LogP contribution in [0.25, 0.3) is 34.1 Å². The van der Waals surface area contributed by atoms with Gasteiger partial charge in [0, 0.05) is 23.5 Å². The first-order valence-corrected chi connectivity index (χ1v) is 30.2. The van der Waals surface area contributed by atoms with Crippen LogP contribution in [0.4, 0.5) is 22.7 Å². The number of carbonyl (C=O) groups is 2. The first kappa shape index (κ1) is 57.6. The monoisotopic (exact) mass is 1210 g/mol. The Morgan fingerprint density at radius 3 is 1.02 bits per heavy atom. The van der Waals surface area contributed by atoms with Crippen LogP contribution in [-0.2, 0) is 60.7 Å². The van der Waals surface area contributed by atoms with Crippen LogP contribution in [0.15, 0.2) is 162 Å². The van der Waals surface area contributed by atoms with Gasteiger partial charge in [0.25, 0.3) is 60.7 Å². The number of hydrazone groups is 2. The molecule has 34 heteroatoms. The van der Waals surface area contributed by atoms with Crippen LogP contribution in [0, 0.1) is 0 Å². The summed E-state index contributed by atoms with van der Waals surface area (Å²) in [5, 5.41) is 15.4. The number of aromatic nitrogens is 2. The third-order valence-corrected chi connectivity index (χ3v) is 16.5. The predicted molar refractivity (Wildman–Crippen MR) is 285 cm³/mol. The van der Waals surface area contributed by atoms with Crippen LogP contribution in [0.5, 0.6) is 0 Å². The molecule has 80 heavy (non-hydrogen) atoms. The maximum absolute atomic E-state index is 13.0. The normalized spacial score (nSPS) is 15.6. The number of ketones is 2. The summed E-state index contributed by atoms with van der Waals surface area (Å²) in [6, 6.07) is 17.6. The van der Waals surface area contributed by atoms with Crippen molar-refractivity contribution in [3.8, 4) is 0 Å². The van der Waals surface area contributed by atoms with Gasteiger partial charge in [-0.25, -0.2) is 0 Å². The molecule has 0 unspecified atom stereocenters. The van der Waals surface area contributed by atoms with E-state index in [1.807, 2.05) is 0 Å². The summed E-state index contributed by atoms with van der Waals surface area (Å²) in [4.78, 5) is 29.1. The zero-order valence-corrected chi connectivity index (χ0v) is 44.3. The lowest BCUT2D eigenvalue weighted by atomic mass is 10.00. The maximum Gasteiger partial charge on any atom is 0.295 e. The van der Waals surface area contributed by atoms with Crippen LogP contribution in [0.1, 0.15) is 54.4 Å². The number of nitrogens with one attached hydrogen (secondary N) is 2. The molecule has 0 aliphatic heterocycles. The van der Waals surface area contributed by atoms with Gasteiger partial charge in [0.15, 0.2) is 0 Å². The second-order valence-corrected chi connectivity index (χ2v) is 24.7. The van der Waals surface area contributed by atoms with E-state index in [1.54, 1.807) is 0 Å². The Morgan fingerprint density at radius 2 is 0.713 bits per heavy atom. The summed E-state index contributed by atoms with van der Waals surface area (Å²) in [7, 11) is -30.1. The lowest BCUT2D eigenvalue weighted by Gasteiger charge is -2.15. The molecule has 28 nitrogen and oxygen atoms in total. The van der Waals surface area contributed by atoms with Gasteiger partial charge >= 0.3 is 0 Å². The fourth-order valence-corrected chi connectivity index (χ4v) is 11.7. The van der Waals surface area contributed by atoms with Gasteiger partial charge in [0.05, 0.1) is 22.7 Å². The quantitative estimate of drug-likeness (QED) is 0.0238. The molecule has 6 aromatic rings. The molecule has 0 bridgehead atoms. The highest BCUT2D eigenvalue weighted by Crippen LogP contribution is 2.33. The number of carbonyl (C=O) groups excluding carboxylic acids is 2. The first-order valence-electron chi connectivity index (χ1n) is 21.6. The summed E-state index contributed by atoms with van der Waals surface area (Å²) in [6.07, 6.45) is 8.01. The Balaban J connectivity index is 1.02. The van der Waals surface area contributed by atoms with E-state index in [9.17, 15) is 87.4 Å². The molecule has 2 aliphatic carbocycles. The Morgan fingerprint density at radius 1 is 0.400 bits per heavy atom. The summed E-state index contributed by atoms with van der Waals surface area (Å²) >= 11 is 0. The number of azo groups is 1. The van der Waals surface area contributed by atoms with Gasteiger partial charge in [0.1, 0.15) is 52.2 Å². The van der Waals surface area contributed by atoms with Gasteiger partial charge < -0.3 is 0 Å². The molecule has 2 aliphatic rings. The molecule has 0 spiro atoms. The molecule has 0 fully saturated rings. The molecule has 4 aromatic carbocycles. The van der Waals surface area contributed by atoms with Crippen LogP contribution >= 0.6 is 0 Å². The number of rotatable bonds is 16. The average molecular weight is 1210 g/mol. The number of hydrogen-bond donors (Lipinski definition) is 8. The van der Waals surface area contributed by atoms with Crippen molar-refractivity contribution in [2.75, 3.05) is 10.9 Å². The van der Waals surface area contributed by atoms with Crippen LogP contribution in [0.3, 0.4) is 0 Å². The molecule has 8 N–H and O–H groups in total. The number of fused-ring (bicyclic) bond motifs is 2. The van der Waals surface area contributed by atoms with Crippen molar-refractivity contribution in [2.45, 2.75) is 19.6 Å². The van der Waals surface area contributed by atoms with Crippen molar-refractivity contribution in [3.63, 3.8) is 0 Å². The van der Waals surface area contributed by atoms with Gasteiger partial charge in [-0.3, -0.25) is 57.7 Å². The van der Waals surface area contributed by atoms with E-state index in [-0.39, 0.29) is 67.5 Å². The van der Waals surface area contributed by atoms with Gasteiger partial charge in [0.2, 0.25) is 11.6 Å². The second-order valence-electron chi connectivity index (χ2n) is 16.4.